The van der Waals surface area contributed by atoms with Gasteiger partial charge >= 0.3 is 0 Å². The van der Waals surface area contributed by atoms with Gasteiger partial charge in [-0.05, 0) is 42.9 Å². The minimum absolute atomic E-state index is 0.0743. The second-order valence-corrected chi connectivity index (χ2v) is 9.39. The number of nitrogens with one attached hydrogen (secondary N) is 1. The molecule has 0 saturated carbocycles. The molecule has 0 radical (unpaired) electrons. The molecule has 1 aromatic rings. The summed E-state index contributed by atoms with van der Waals surface area (Å²) in [6, 6.07) is 8.36. The van der Waals surface area contributed by atoms with Crippen LogP contribution in [-0.4, -0.2) is 34.6 Å². The van der Waals surface area contributed by atoms with Gasteiger partial charge in [-0.2, -0.15) is 0 Å². The van der Waals surface area contributed by atoms with Crippen LogP contribution in [0.15, 0.2) is 42.1 Å². The maximum atomic E-state index is 12.7. The first-order valence-electron chi connectivity index (χ1n) is 10.1. The van der Waals surface area contributed by atoms with Crippen molar-refractivity contribution in [3.05, 3.63) is 53.2 Å². The Morgan fingerprint density at radius 2 is 1.82 bits per heavy atom. The number of likely N-dealkylation sites (tertiary alicyclic amines) is 1. The summed E-state index contributed by atoms with van der Waals surface area (Å²) in [5.74, 6) is 0.0820. The largest absolute Gasteiger partial charge is 0.391 e. The summed E-state index contributed by atoms with van der Waals surface area (Å²) in [6.45, 7) is 17.8. The summed E-state index contributed by atoms with van der Waals surface area (Å²) >= 11 is 0. The molecule has 4 heteroatoms. The van der Waals surface area contributed by atoms with Crippen LogP contribution in [0, 0.1) is 5.41 Å². The molecule has 1 aromatic carbocycles. The van der Waals surface area contributed by atoms with Crippen molar-refractivity contribution in [1.82, 2.24) is 10.2 Å². The molecule has 2 atom stereocenters. The molecule has 0 spiro atoms. The van der Waals surface area contributed by atoms with Gasteiger partial charge in [-0.15, -0.1) is 0 Å². The molecule has 2 rings (SSSR count). The minimum atomic E-state index is -0.487. The average Bonchev–Trinajstić information content (AvgIpc) is 3.00. The fraction of sp³-hybridized carbons (Fsp3) is 0.542. The highest BCUT2D eigenvalue weighted by Gasteiger charge is 2.36. The highest BCUT2D eigenvalue weighted by Crippen LogP contribution is 2.27. The third-order valence-corrected chi connectivity index (χ3v) is 5.34. The van der Waals surface area contributed by atoms with Crippen molar-refractivity contribution in [2.24, 2.45) is 5.41 Å². The maximum Gasteiger partial charge on any atom is 0.223 e. The van der Waals surface area contributed by atoms with Crippen LogP contribution in [0.25, 0.3) is 5.57 Å². The number of carbonyl (C=O) groups excluding carboxylic acids is 1. The number of aliphatic hydroxyl groups is 1. The van der Waals surface area contributed by atoms with Crippen molar-refractivity contribution in [2.45, 2.75) is 73.1 Å². The van der Waals surface area contributed by atoms with Crippen LogP contribution in [0.1, 0.15) is 65.5 Å². The summed E-state index contributed by atoms with van der Waals surface area (Å²) in [6.07, 6.45) is 0.522. The molecule has 0 bridgehead atoms. The third kappa shape index (κ3) is 5.96. The number of aliphatic hydroxyl groups excluding tert-OH is 1. The van der Waals surface area contributed by atoms with Crippen molar-refractivity contribution in [3.8, 4) is 0 Å². The molecule has 1 heterocycles. The molecular weight excluding hydrogens is 348 g/mol. The van der Waals surface area contributed by atoms with E-state index in [9.17, 15) is 9.90 Å². The van der Waals surface area contributed by atoms with Crippen molar-refractivity contribution >= 4 is 11.5 Å². The molecule has 1 saturated heterocycles. The topological polar surface area (TPSA) is 52.6 Å². The summed E-state index contributed by atoms with van der Waals surface area (Å²) < 4.78 is 0. The standard InChI is InChI=1S/C24H36N2O2/c1-16(2)17(3)20-10-8-19(9-11-20)14-25-18(4)22-12-21(27)15-26(22)23(28)13-24(5,6)7/h8-11,21-22,25,27H,4,12-15H2,1-3,5-7H3/t21-,22?/m1/s1. The number of amides is 1. The molecule has 4 nitrogen and oxygen atoms in total. The first-order valence-corrected chi connectivity index (χ1v) is 10.1. The van der Waals surface area contributed by atoms with Crippen molar-refractivity contribution in [2.75, 3.05) is 6.54 Å². The molecule has 154 valence electrons. The van der Waals surface area contributed by atoms with E-state index in [-0.39, 0.29) is 17.4 Å². The lowest BCUT2D eigenvalue weighted by atomic mass is 9.91. The molecule has 1 aliphatic rings. The molecule has 1 aliphatic heterocycles. The smallest absolute Gasteiger partial charge is 0.223 e. The molecule has 2 N–H and O–H groups in total. The molecule has 1 fully saturated rings. The van der Waals surface area contributed by atoms with E-state index in [1.54, 1.807) is 4.90 Å². The molecule has 28 heavy (non-hydrogen) atoms. The number of benzene rings is 1. The normalized spacial score (nSPS) is 19.5. The minimum Gasteiger partial charge on any atom is -0.391 e. The van der Waals surface area contributed by atoms with Crippen molar-refractivity contribution in [1.29, 1.82) is 0 Å². The fourth-order valence-electron chi connectivity index (χ4n) is 3.47. The van der Waals surface area contributed by atoms with E-state index >= 15 is 0 Å². The molecule has 0 aromatic heterocycles. The Hall–Kier alpha value is -2.07. The lowest BCUT2D eigenvalue weighted by Crippen LogP contribution is -2.41. The fourth-order valence-corrected chi connectivity index (χ4v) is 3.47. The Morgan fingerprint density at radius 3 is 2.36 bits per heavy atom. The summed E-state index contributed by atoms with van der Waals surface area (Å²) in [4.78, 5) is 14.5. The van der Waals surface area contributed by atoms with E-state index < -0.39 is 6.10 Å². The zero-order chi connectivity index (χ0) is 21.1. The number of hydrogen-bond acceptors (Lipinski definition) is 3. The van der Waals surface area contributed by atoms with Gasteiger partial charge in [0.15, 0.2) is 0 Å². The molecular formula is C24H36N2O2. The lowest BCUT2D eigenvalue weighted by Gasteiger charge is -2.29. The van der Waals surface area contributed by atoms with E-state index in [1.165, 1.54) is 16.7 Å². The van der Waals surface area contributed by atoms with Crippen molar-refractivity contribution < 1.29 is 9.90 Å². The second kappa shape index (κ2) is 8.95. The number of rotatable bonds is 6. The van der Waals surface area contributed by atoms with E-state index in [2.05, 4.69) is 77.7 Å². The summed E-state index contributed by atoms with van der Waals surface area (Å²) in [7, 11) is 0. The van der Waals surface area contributed by atoms with Crippen LogP contribution in [0.3, 0.4) is 0 Å². The van der Waals surface area contributed by atoms with Crippen LogP contribution in [-0.2, 0) is 11.3 Å². The average molecular weight is 385 g/mol. The van der Waals surface area contributed by atoms with E-state index in [0.717, 1.165) is 11.3 Å². The van der Waals surface area contributed by atoms with Gasteiger partial charge in [0.25, 0.3) is 0 Å². The van der Waals surface area contributed by atoms with Crippen molar-refractivity contribution in [3.63, 3.8) is 0 Å². The van der Waals surface area contributed by atoms with Gasteiger partial charge < -0.3 is 15.3 Å². The Balaban J connectivity index is 1.99. The zero-order valence-corrected chi connectivity index (χ0v) is 18.3. The molecule has 1 unspecified atom stereocenters. The zero-order valence-electron chi connectivity index (χ0n) is 18.3. The second-order valence-electron chi connectivity index (χ2n) is 9.39. The summed E-state index contributed by atoms with van der Waals surface area (Å²) in [5, 5.41) is 13.5. The highest BCUT2D eigenvalue weighted by atomic mass is 16.3. The summed E-state index contributed by atoms with van der Waals surface area (Å²) in [5.41, 5.74) is 5.74. The van der Waals surface area contributed by atoms with Gasteiger partial charge in [0.2, 0.25) is 5.91 Å². The van der Waals surface area contributed by atoms with Gasteiger partial charge in [0.05, 0.1) is 12.1 Å². The highest BCUT2D eigenvalue weighted by molar-refractivity contribution is 5.78. The molecule has 1 amide bonds. The van der Waals surface area contributed by atoms with Gasteiger partial charge in [0.1, 0.15) is 0 Å². The maximum absolute atomic E-state index is 12.7. The Morgan fingerprint density at radius 1 is 1.21 bits per heavy atom. The van der Waals surface area contributed by atoms with Crippen LogP contribution in [0.5, 0.6) is 0 Å². The van der Waals surface area contributed by atoms with Gasteiger partial charge in [-0.3, -0.25) is 4.79 Å². The first-order chi connectivity index (χ1) is 13.0. The van der Waals surface area contributed by atoms with Crippen LogP contribution < -0.4 is 5.32 Å². The third-order valence-electron chi connectivity index (χ3n) is 5.34. The lowest BCUT2D eigenvalue weighted by molar-refractivity contribution is -0.133. The predicted octanol–water partition coefficient (Wildman–Crippen LogP) is 4.50. The van der Waals surface area contributed by atoms with E-state index in [0.29, 0.717) is 25.9 Å². The first kappa shape index (κ1) is 22.2. The Bertz CT molecular complexity index is 737. The van der Waals surface area contributed by atoms with Crippen LogP contribution in [0.4, 0.5) is 0 Å². The number of nitrogens with zero attached hydrogens (tertiary/aromatic N) is 1. The number of carbonyl (C=O) groups is 1. The predicted molar refractivity (Wildman–Crippen MR) is 117 cm³/mol. The van der Waals surface area contributed by atoms with Gasteiger partial charge in [-0.1, -0.05) is 57.2 Å². The SMILES string of the molecule is C=C(NCc1ccc(C(C)=C(C)C)cc1)C1C[C@@H](O)CN1C(=O)CC(C)(C)C. The Labute approximate surface area is 170 Å². The van der Waals surface area contributed by atoms with Gasteiger partial charge in [0, 0.05) is 31.6 Å². The Kier molecular flexibility index (Phi) is 7.11. The van der Waals surface area contributed by atoms with Crippen LogP contribution >= 0.6 is 0 Å². The quantitative estimate of drug-likeness (QED) is 0.759. The van der Waals surface area contributed by atoms with Crippen LogP contribution in [0.2, 0.25) is 0 Å². The van der Waals surface area contributed by atoms with Gasteiger partial charge in [-0.25, -0.2) is 0 Å². The number of β-amino-alcohol motifs (C(OH)–C–C–N with tert-alkyl or cyclic N) is 1. The van der Waals surface area contributed by atoms with E-state index in [1.807, 2.05) is 0 Å². The molecule has 0 aliphatic carbocycles. The van der Waals surface area contributed by atoms with E-state index in [4.69, 9.17) is 0 Å². The number of allylic oxidation sites excluding steroid dienone is 2. The monoisotopic (exact) mass is 384 g/mol. The number of hydrogen-bond donors (Lipinski definition) is 2.